The van der Waals surface area contributed by atoms with Crippen molar-refractivity contribution in [1.29, 1.82) is 0 Å². The molecular weight excluding hydrogens is 316 g/mol. The highest BCUT2D eigenvalue weighted by Crippen LogP contribution is 2.68. The third-order valence-electron chi connectivity index (χ3n) is 10.2. The summed E-state index contributed by atoms with van der Waals surface area (Å²) < 4.78 is 0. The summed E-state index contributed by atoms with van der Waals surface area (Å²) in [7, 11) is 0. The highest BCUT2D eigenvalue weighted by Gasteiger charge is 2.62. The van der Waals surface area contributed by atoms with Crippen LogP contribution < -0.4 is 0 Å². The van der Waals surface area contributed by atoms with Gasteiger partial charge in [-0.15, -0.1) is 0 Å². The number of allylic oxidation sites excluding steroid dienone is 6. The van der Waals surface area contributed by atoms with Crippen molar-refractivity contribution in [1.82, 2.24) is 0 Å². The van der Waals surface area contributed by atoms with Gasteiger partial charge in [0.2, 0.25) is 0 Å². The maximum atomic E-state index is 11.1. The normalized spacial score (nSPS) is 52.8. The molecule has 0 aromatic carbocycles. The monoisotopic (exact) mass is 352 g/mol. The van der Waals surface area contributed by atoms with E-state index in [2.05, 4.69) is 45.1 Å². The molecule has 0 aromatic rings. The Morgan fingerprint density at radius 3 is 2.38 bits per heavy atom. The number of hydrogen-bond donors (Lipinski definition) is 1. The van der Waals surface area contributed by atoms with Crippen molar-refractivity contribution in [3.05, 3.63) is 35.5 Å². The zero-order valence-electron chi connectivity index (χ0n) is 16.9. The fourth-order valence-electron chi connectivity index (χ4n) is 8.19. The summed E-state index contributed by atoms with van der Waals surface area (Å²) in [5.74, 6) is 3.40. The van der Waals surface area contributed by atoms with Crippen molar-refractivity contribution in [3.8, 4) is 0 Å². The van der Waals surface area contributed by atoms with Crippen molar-refractivity contribution in [3.63, 3.8) is 0 Å². The van der Waals surface area contributed by atoms with E-state index in [0.29, 0.717) is 5.41 Å². The molecule has 5 aliphatic carbocycles. The van der Waals surface area contributed by atoms with Crippen molar-refractivity contribution < 1.29 is 5.11 Å². The molecule has 4 saturated carbocycles. The van der Waals surface area contributed by atoms with Crippen molar-refractivity contribution in [2.75, 3.05) is 0 Å². The van der Waals surface area contributed by atoms with Gasteiger partial charge in [-0.3, -0.25) is 0 Å². The van der Waals surface area contributed by atoms with Crippen molar-refractivity contribution in [2.24, 2.45) is 34.5 Å². The molecule has 26 heavy (non-hydrogen) atoms. The molecule has 7 atom stereocenters. The molecule has 0 radical (unpaired) electrons. The van der Waals surface area contributed by atoms with Gasteiger partial charge in [-0.1, -0.05) is 43.7 Å². The Hall–Kier alpha value is -0.820. The van der Waals surface area contributed by atoms with Gasteiger partial charge in [-0.05, 0) is 105 Å². The van der Waals surface area contributed by atoms with Crippen LogP contribution in [0.4, 0.5) is 0 Å². The number of hydrogen-bond acceptors (Lipinski definition) is 1. The zero-order valence-corrected chi connectivity index (χ0v) is 16.9. The molecule has 5 rings (SSSR count). The van der Waals surface area contributed by atoms with Crippen LogP contribution in [0.1, 0.15) is 78.6 Å². The van der Waals surface area contributed by atoms with Crippen LogP contribution >= 0.6 is 0 Å². The van der Waals surface area contributed by atoms with Gasteiger partial charge < -0.3 is 5.11 Å². The van der Waals surface area contributed by atoms with Gasteiger partial charge in [0.25, 0.3) is 0 Å². The first-order valence-corrected chi connectivity index (χ1v) is 11.1. The summed E-state index contributed by atoms with van der Waals surface area (Å²) in [5, 5.41) is 11.1. The van der Waals surface area contributed by atoms with Crippen molar-refractivity contribution >= 4 is 0 Å². The molecule has 5 aliphatic rings. The van der Waals surface area contributed by atoms with E-state index in [1.165, 1.54) is 56.9 Å². The first kappa shape index (κ1) is 17.3. The Balaban J connectivity index is 1.42. The van der Waals surface area contributed by atoms with Crippen LogP contribution in [-0.2, 0) is 0 Å². The first-order chi connectivity index (χ1) is 12.4. The van der Waals surface area contributed by atoms with E-state index in [-0.39, 0.29) is 5.41 Å². The van der Waals surface area contributed by atoms with Crippen LogP contribution in [0, 0.1) is 34.5 Å². The summed E-state index contributed by atoms with van der Waals surface area (Å²) in [4.78, 5) is 0. The van der Waals surface area contributed by atoms with E-state index < -0.39 is 5.60 Å². The van der Waals surface area contributed by atoms with E-state index >= 15 is 0 Å². The fraction of sp³-hybridized carbons (Fsp3) is 0.760. The summed E-state index contributed by atoms with van der Waals surface area (Å²) in [6, 6.07) is 0. The Labute approximate surface area is 159 Å². The molecule has 0 bridgehead atoms. The predicted octanol–water partition coefficient (Wildman–Crippen LogP) is 6.20. The van der Waals surface area contributed by atoms with Gasteiger partial charge in [-0.2, -0.15) is 0 Å². The minimum atomic E-state index is -0.439. The number of aliphatic hydroxyl groups is 1. The summed E-state index contributed by atoms with van der Waals surface area (Å²) >= 11 is 0. The zero-order chi connectivity index (χ0) is 18.2. The molecule has 142 valence electrons. The second kappa shape index (κ2) is 5.60. The van der Waals surface area contributed by atoms with E-state index in [4.69, 9.17) is 0 Å². The largest absolute Gasteiger partial charge is 0.390 e. The molecule has 0 aliphatic heterocycles. The standard InChI is InChI=1S/C25H36O/c1-23-13-10-18(17-6-4-5-7-17)16-19(23)8-9-20-21(23)11-14-24(2)22(20)12-15-25(24,3)26/h4-7,19-22,26H,8-16H2,1-3H3/t19-,20-,21+,22+,23+,24+,25-/m1/s1. The topological polar surface area (TPSA) is 20.2 Å². The molecule has 0 heterocycles. The molecule has 0 aromatic heterocycles. The molecule has 1 heteroatoms. The van der Waals surface area contributed by atoms with Crippen LogP contribution in [0.3, 0.4) is 0 Å². The average Bonchev–Trinajstić information content (AvgIpc) is 3.21. The second-order valence-electron chi connectivity index (χ2n) is 10.9. The van der Waals surface area contributed by atoms with Crippen LogP contribution in [0.2, 0.25) is 0 Å². The third-order valence-corrected chi connectivity index (χ3v) is 10.2. The Bertz CT molecular complexity index is 681. The first-order valence-electron chi connectivity index (χ1n) is 11.1. The van der Waals surface area contributed by atoms with Crippen LogP contribution in [-0.4, -0.2) is 10.7 Å². The lowest BCUT2D eigenvalue weighted by Gasteiger charge is -2.61. The average molecular weight is 353 g/mol. The molecule has 0 unspecified atom stereocenters. The van der Waals surface area contributed by atoms with Crippen molar-refractivity contribution in [2.45, 2.75) is 84.2 Å². The predicted molar refractivity (Wildman–Crippen MR) is 108 cm³/mol. The van der Waals surface area contributed by atoms with E-state index in [9.17, 15) is 5.11 Å². The minimum Gasteiger partial charge on any atom is -0.390 e. The lowest BCUT2D eigenvalue weighted by atomic mass is 9.44. The van der Waals surface area contributed by atoms with E-state index in [1.54, 1.807) is 5.57 Å². The molecule has 0 spiro atoms. The van der Waals surface area contributed by atoms with Gasteiger partial charge in [-0.25, -0.2) is 0 Å². The molecular formula is C25H36O. The Morgan fingerprint density at radius 2 is 1.62 bits per heavy atom. The summed E-state index contributed by atoms with van der Waals surface area (Å²) in [5.41, 5.74) is 3.50. The van der Waals surface area contributed by atoms with Crippen LogP contribution in [0.15, 0.2) is 35.5 Å². The maximum absolute atomic E-state index is 11.1. The number of fused-ring (bicyclic) bond motifs is 5. The minimum absolute atomic E-state index is 0.165. The summed E-state index contributed by atoms with van der Waals surface area (Å²) in [6.07, 6.45) is 20.8. The fourth-order valence-corrected chi connectivity index (χ4v) is 8.19. The summed E-state index contributed by atoms with van der Waals surface area (Å²) in [6.45, 7) is 7.19. The maximum Gasteiger partial charge on any atom is 0.0675 e. The third kappa shape index (κ3) is 2.19. The Kier molecular flexibility index (Phi) is 3.72. The molecule has 1 N–H and O–H groups in total. The second-order valence-corrected chi connectivity index (χ2v) is 10.9. The van der Waals surface area contributed by atoms with E-state index in [1.807, 2.05) is 0 Å². The smallest absolute Gasteiger partial charge is 0.0675 e. The SMILES string of the molecule is C[C@]12CCC(=C3C=CC=C3)C[C@H]1CC[C@@H]1[C@@H]2CC[C@@]2(C)[C@H]1CC[C@@]2(C)O. The highest BCUT2D eigenvalue weighted by atomic mass is 16.3. The van der Waals surface area contributed by atoms with Crippen LogP contribution in [0.25, 0.3) is 0 Å². The quantitative estimate of drug-likeness (QED) is 0.550. The van der Waals surface area contributed by atoms with Gasteiger partial charge in [0.15, 0.2) is 0 Å². The van der Waals surface area contributed by atoms with E-state index in [0.717, 1.165) is 30.1 Å². The lowest BCUT2D eigenvalue weighted by Crippen LogP contribution is -2.55. The van der Waals surface area contributed by atoms with Gasteiger partial charge in [0.1, 0.15) is 0 Å². The Morgan fingerprint density at radius 1 is 0.885 bits per heavy atom. The van der Waals surface area contributed by atoms with Crippen LogP contribution in [0.5, 0.6) is 0 Å². The molecule has 1 nitrogen and oxygen atoms in total. The van der Waals surface area contributed by atoms with Gasteiger partial charge in [0.05, 0.1) is 5.60 Å². The lowest BCUT2D eigenvalue weighted by molar-refractivity contribution is -0.142. The molecule has 0 saturated heterocycles. The van der Waals surface area contributed by atoms with Gasteiger partial charge >= 0.3 is 0 Å². The molecule has 4 fully saturated rings. The number of rotatable bonds is 0. The highest BCUT2D eigenvalue weighted by molar-refractivity contribution is 5.44. The van der Waals surface area contributed by atoms with Gasteiger partial charge in [0, 0.05) is 0 Å². The molecule has 0 amide bonds.